The second kappa shape index (κ2) is 8.06. The highest BCUT2D eigenvalue weighted by Gasteiger charge is 2.31. The number of ether oxygens (including phenoxy) is 3. The lowest BCUT2D eigenvalue weighted by molar-refractivity contribution is -0.146. The predicted octanol–water partition coefficient (Wildman–Crippen LogP) is 2.82. The van der Waals surface area contributed by atoms with Gasteiger partial charge in [-0.2, -0.15) is 0 Å². The van der Waals surface area contributed by atoms with Crippen LogP contribution in [-0.4, -0.2) is 38.2 Å². The van der Waals surface area contributed by atoms with Crippen LogP contribution >= 0.6 is 11.6 Å². The van der Waals surface area contributed by atoms with Crippen molar-refractivity contribution in [3.8, 4) is 11.5 Å². The lowest BCUT2D eigenvalue weighted by Crippen LogP contribution is -2.50. The Bertz CT molecular complexity index is 586. The number of amides is 1. The van der Waals surface area contributed by atoms with Crippen molar-refractivity contribution in [2.45, 2.75) is 32.7 Å². The molecule has 0 atom stereocenters. The first-order chi connectivity index (χ1) is 10.8. The summed E-state index contributed by atoms with van der Waals surface area (Å²) >= 11 is 6.18. The summed E-state index contributed by atoms with van der Waals surface area (Å²) in [4.78, 5) is 24.0. The minimum absolute atomic E-state index is 0.257. The Labute approximate surface area is 141 Å². The first-order valence-electron chi connectivity index (χ1n) is 7.18. The Balaban J connectivity index is 3.07. The highest BCUT2D eigenvalue weighted by Crippen LogP contribution is 2.36. The molecule has 0 spiro atoms. The van der Waals surface area contributed by atoms with Gasteiger partial charge < -0.3 is 19.5 Å². The zero-order valence-corrected chi connectivity index (χ0v) is 14.7. The van der Waals surface area contributed by atoms with Gasteiger partial charge in [-0.15, -0.1) is 0 Å². The van der Waals surface area contributed by atoms with Crippen LogP contribution in [0.2, 0.25) is 5.02 Å². The highest BCUT2D eigenvalue weighted by atomic mass is 35.5. The molecule has 0 saturated carbocycles. The van der Waals surface area contributed by atoms with Gasteiger partial charge in [0, 0.05) is 5.56 Å². The normalized spacial score (nSPS) is 10.9. The molecule has 0 aliphatic rings. The number of esters is 1. The van der Waals surface area contributed by atoms with Crippen LogP contribution in [0, 0.1) is 0 Å². The molecule has 7 heteroatoms. The molecule has 0 saturated heterocycles. The van der Waals surface area contributed by atoms with Crippen LogP contribution in [0.15, 0.2) is 12.1 Å². The summed E-state index contributed by atoms with van der Waals surface area (Å²) < 4.78 is 15.4. The molecule has 0 aliphatic heterocycles. The molecule has 0 heterocycles. The number of hydrogen-bond acceptors (Lipinski definition) is 5. The van der Waals surface area contributed by atoms with E-state index in [4.69, 9.17) is 21.1 Å². The predicted molar refractivity (Wildman–Crippen MR) is 87.4 cm³/mol. The second-order valence-electron chi connectivity index (χ2n) is 5.41. The molecule has 1 amide bonds. The summed E-state index contributed by atoms with van der Waals surface area (Å²) in [5.74, 6) is -0.277. The van der Waals surface area contributed by atoms with E-state index in [0.29, 0.717) is 18.1 Å². The Morgan fingerprint density at radius 2 is 1.91 bits per heavy atom. The zero-order valence-electron chi connectivity index (χ0n) is 14.0. The van der Waals surface area contributed by atoms with Crippen LogP contribution in [0.3, 0.4) is 0 Å². The van der Waals surface area contributed by atoms with Crippen molar-refractivity contribution in [1.82, 2.24) is 5.32 Å². The highest BCUT2D eigenvalue weighted by molar-refractivity contribution is 6.32. The number of carbonyl (C=O) groups excluding carboxylic acids is 2. The third kappa shape index (κ3) is 4.76. The Morgan fingerprint density at radius 3 is 2.43 bits per heavy atom. The van der Waals surface area contributed by atoms with Crippen molar-refractivity contribution >= 4 is 23.5 Å². The summed E-state index contributed by atoms with van der Waals surface area (Å²) in [7, 11) is 2.72. The number of benzene rings is 1. The molecule has 0 fully saturated rings. The fourth-order valence-corrected chi connectivity index (χ4v) is 2.12. The van der Waals surface area contributed by atoms with Crippen molar-refractivity contribution in [2.75, 3.05) is 20.8 Å². The van der Waals surface area contributed by atoms with Gasteiger partial charge in [0.1, 0.15) is 5.54 Å². The minimum Gasteiger partial charge on any atom is -0.493 e. The summed E-state index contributed by atoms with van der Waals surface area (Å²) in [5, 5.41) is 2.86. The zero-order chi connectivity index (χ0) is 17.6. The van der Waals surface area contributed by atoms with E-state index in [1.165, 1.54) is 26.4 Å². The monoisotopic (exact) mass is 343 g/mol. The van der Waals surface area contributed by atoms with E-state index in [0.717, 1.165) is 6.42 Å². The van der Waals surface area contributed by atoms with E-state index in [2.05, 4.69) is 10.1 Å². The Kier molecular flexibility index (Phi) is 6.69. The maximum atomic E-state index is 12.4. The van der Waals surface area contributed by atoms with Gasteiger partial charge in [-0.3, -0.25) is 4.79 Å². The number of methoxy groups -OCH3 is 2. The van der Waals surface area contributed by atoms with E-state index >= 15 is 0 Å². The maximum Gasteiger partial charge on any atom is 0.330 e. The first kappa shape index (κ1) is 19.1. The van der Waals surface area contributed by atoms with Crippen LogP contribution in [0.5, 0.6) is 11.5 Å². The molecule has 1 N–H and O–H groups in total. The lowest BCUT2D eigenvalue weighted by atomic mass is 10.0. The van der Waals surface area contributed by atoms with E-state index in [1.807, 2.05) is 6.92 Å². The molecule has 1 aromatic rings. The van der Waals surface area contributed by atoms with Crippen molar-refractivity contribution < 1.29 is 23.8 Å². The Hall–Kier alpha value is -1.95. The van der Waals surface area contributed by atoms with Crippen molar-refractivity contribution in [2.24, 2.45) is 0 Å². The average molecular weight is 344 g/mol. The summed E-state index contributed by atoms with van der Waals surface area (Å²) in [6.07, 6.45) is 0.815. The number of rotatable bonds is 7. The largest absolute Gasteiger partial charge is 0.493 e. The number of halogens is 1. The molecular formula is C16H22ClNO5. The molecular weight excluding hydrogens is 322 g/mol. The molecule has 6 nitrogen and oxygen atoms in total. The van der Waals surface area contributed by atoms with E-state index < -0.39 is 17.4 Å². The maximum absolute atomic E-state index is 12.4. The van der Waals surface area contributed by atoms with Gasteiger partial charge in [0.05, 0.1) is 25.8 Å². The molecule has 128 valence electrons. The van der Waals surface area contributed by atoms with E-state index in [-0.39, 0.29) is 10.6 Å². The molecule has 23 heavy (non-hydrogen) atoms. The van der Waals surface area contributed by atoms with Crippen molar-refractivity contribution in [3.05, 3.63) is 22.7 Å². The van der Waals surface area contributed by atoms with Crippen LogP contribution in [0.1, 0.15) is 37.6 Å². The minimum atomic E-state index is -1.16. The van der Waals surface area contributed by atoms with Crippen LogP contribution in [0.25, 0.3) is 0 Å². The topological polar surface area (TPSA) is 73.9 Å². The lowest BCUT2D eigenvalue weighted by Gasteiger charge is -2.23. The average Bonchev–Trinajstić information content (AvgIpc) is 2.51. The van der Waals surface area contributed by atoms with E-state index in [9.17, 15) is 9.59 Å². The summed E-state index contributed by atoms with van der Waals surface area (Å²) in [5.41, 5.74) is -0.907. The third-order valence-corrected chi connectivity index (χ3v) is 3.34. The van der Waals surface area contributed by atoms with Gasteiger partial charge in [-0.1, -0.05) is 18.5 Å². The van der Waals surface area contributed by atoms with Gasteiger partial charge in [-0.25, -0.2) is 4.79 Å². The molecule has 0 bridgehead atoms. The molecule has 0 aromatic heterocycles. The standard InChI is InChI=1S/C16H22ClNO5/c1-6-7-23-13-11(17)8-10(9-12(13)21-4)14(19)18-16(2,3)15(20)22-5/h8-9H,6-7H2,1-5H3,(H,18,19). The molecule has 1 rings (SSSR count). The smallest absolute Gasteiger partial charge is 0.330 e. The van der Waals surface area contributed by atoms with Gasteiger partial charge in [-0.05, 0) is 32.4 Å². The SMILES string of the molecule is CCCOc1c(Cl)cc(C(=O)NC(C)(C)C(=O)OC)cc1OC. The summed E-state index contributed by atoms with van der Waals surface area (Å²) in [6, 6.07) is 2.98. The fourth-order valence-electron chi connectivity index (χ4n) is 1.86. The fraction of sp³-hybridized carbons (Fsp3) is 0.500. The molecule has 0 radical (unpaired) electrons. The van der Waals surface area contributed by atoms with Crippen molar-refractivity contribution in [3.63, 3.8) is 0 Å². The van der Waals surface area contributed by atoms with Gasteiger partial charge in [0.2, 0.25) is 0 Å². The first-order valence-corrected chi connectivity index (χ1v) is 7.55. The molecule has 0 aliphatic carbocycles. The van der Waals surface area contributed by atoms with E-state index in [1.54, 1.807) is 13.8 Å². The van der Waals surface area contributed by atoms with Crippen LogP contribution < -0.4 is 14.8 Å². The van der Waals surface area contributed by atoms with Crippen LogP contribution in [-0.2, 0) is 9.53 Å². The molecule has 1 aromatic carbocycles. The van der Waals surface area contributed by atoms with Crippen LogP contribution in [0.4, 0.5) is 0 Å². The van der Waals surface area contributed by atoms with Gasteiger partial charge in [0.15, 0.2) is 11.5 Å². The quantitative estimate of drug-likeness (QED) is 0.770. The summed E-state index contributed by atoms with van der Waals surface area (Å²) in [6.45, 7) is 5.55. The number of carbonyl (C=O) groups is 2. The Morgan fingerprint density at radius 1 is 1.26 bits per heavy atom. The molecule has 0 unspecified atom stereocenters. The second-order valence-corrected chi connectivity index (χ2v) is 5.82. The number of hydrogen-bond donors (Lipinski definition) is 1. The van der Waals surface area contributed by atoms with Gasteiger partial charge in [0.25, 0.3) is 5.91 Å². The third-order valence-electron chi connectivity index (χ3n) is 3.06. The van der Waals surface area contributed by atoms with Gasteiger partial charge >= 0.3 is 5.97 Å². The van der Waals surface area contributed by atoms with Crippen molar-refractivity contribution in [1.29, 1.82) is 0 Å². The number of nitrogens with one attached hydrogen (secondary N) is 1.